The number of para-hydroxylation sites is 1. The Morgan fingerprint density at radius 2 is 1.83 bits per heavy atom. The molecule has 0 aromatic heterocycles. The lowest BCUT2D eigenvalue weighted by molar-refractivity contribution is -0.122. The molecule has 2 fully saturated rings. The number of ether oxygens (including phenoxy) is 2. The minimum atomic E-state index is -0.185. The number of nitrogens with zero attached hydrogens (tertiary/aromatic N) is 2. The summed E-state index contributed by atoms with van der Waals surface area (Å²) in [7, 11) is 0. The molecular formula is C23H26FN3O3. The van der Waals surface area contributed by atoms with E-state index in [9.17, 15) is 9.18 Å². The third-order valence-corrected chi connectivity index (χ3v) is 6.15. The van der Waals surface area contributed by atoms with Gasteiger partial charge in [0.2, 0.25) is 12.7 Å². The van der Waals surface area contributed by atoms with E-state index in [0.29, 0.717) is 12.2 Å². The number of amides is 1. The van der Waals surface area contributed by atoms with Gasteiger partial charge in [0.1, 0.15) is 5.82 Å². The molecule has 2 aliphatic heterocycles. The Labute approximate surface area is 175 Å². The lowest BCUT2D eigenvalue weighted by Crippen LogP contribution is -2.50. The first-order valence-electron chi connectivity index (χ1n) is 10.6. The van der Waals surface area contributed by atoms with Crippen LogP contribution in [0.15, 0.2) is 42.5 Å². The van der Waals surface area contributed by atoms with Gasteiger partial charge in [-0.3, -0.25) is 9.69 Å². The zero-order chi connectivity index (χ0) is 20.5. The van der Waals surface area contributed by atoms with Gasteiger partial charge >= 0.3 is 0 Å². The summed E-state index contributed by atoms with van der Waals surface area (Å²) in [5.74, 6) is 1.64. The molecule has 30 heavy (non-hydrogen) atoms. The van der Waals surface area contributed by atoms with E-state index in [1.165, 1.54) is 6.07 Å². The average molecular weight is 411 g/mol. The number of benzene rings is 2. The first-order chi connectivity index (χ1) is 14.7. The van der Waals surface area contributed by atoms with E-state index in [4.69, 9.17) is 9.47 Å². The Balaban J connectivity index is 1.31. The fourth-order valence-electron chi connectivity index (χ4n) is 4.25. The van der Waals surface area contributed by atoms with Crippen molar-refractivity contribution >= 4 is 11.6 Å². The van der Waals surface area contributed by atoms with Gasteiger partial charge in [0.15, 0.2) is 11.5 Å². The number of hydrogen-bond donors (Lipinski definition) is 1. The molecule has 2 heterocycles. The molecule has 0 radical (unpaired) electrons. The predicted octanol–water partition coefficient (Wildman–Crippen LogP) is 2.94. The van der Waals surface area contributed by atoms with Crippen LogP contribution in [0, 0.1) is 11.7 Å². The molecule has 5 rings (SSSR count). The third-order valence-electron chi connectivity index (χ3n) is 6.15. The summed E-state index contributed by atoms with van der Waals surface area (Å²) in [6.45, 7) is 3.83. The second-order valence-corrected chi connectivity index (χ2v) is 8.12. The van der Waals surface area contributed by atoms with Crippen molar-refractivity contribution in [1.82, 2.24) is 10.2 Å². The van der Waals surface area contributed by atoms with E-state index < -0.39 is 0 Å². The van der Waals surface area contributed by atoms with Gasteiger partial charge < -0.3 is 19.7 Å². The topological polar surface area (TPSA) is 54.0 Å². The van der Waals surface area contributed by atoms with Crippen LogP contribution in [0.1, 0.15) is 24.4 Å². The smallest absolute Gasteiger partial charge is 0.231 e. The maximum absolute atomic E-state index is 14.2. The van der Waals surface area contributed by atoms with Crippen LogP contribution in [0.5, 0.6) is 11.5 Å². The van der Waals surface area contributed by atoms with Crippen LogP contribution < -0.4 is 19.7 Å². The fourth-order valence-corrected chi connectivity index (χ4v) is 4.25. The first kappa shape index (κ1) is 19.2. The zero-order valence-corrected chi connectivity index (χ0v) is 16.9. The molecule has 1 amide bonds. The second-order valence-electron chi connectivity index (χ2n) is 8.12. The van der Waals surface area contributed by atoms with Gasteiger partial charge in [-0.05, 0) is 42.7 Å². The van der Waals surface area contributed by atoms with E-state index in [0.717, 1.165) is 56.1 Å². The van der Waals surface area contributed by atoms with Gasteiger partial charge in [0.05, 0.1) is 11.7 Å². The van der Waals surface area contributed by atoms with Gasteiger partial charge in [-0.25, -0.2) is 4.39 Å². The van der Waals surface area contributed by atoms with Crippen molar-refractivity contribution in [3.63, 3.8) is 0 Å². The third kappa shape index (κ3) is 3.94. The summed E-state index contributed by atoms with van der Waals surface area (Å²) in [5, 5.41) is 3.13. The van der Waals surface area contributed by atoms with Crippen LogP contribution in [0.25, 0.3) is 0 Å². The molecule has 6 nitrogen and oxygen atoms in total. The summed E-state index contributed by atoms with van der Waals surface area (Å²) < 4.78 is 25.2. The maximum atomic E-state index is 14.2. The highest BCUT2D eigenvalue weighted by Crippen LogP contribution is 2.36. The quantitative estimate of drug-likeness (QED) is 0.792. The molecule has 7 heteroatoms. The molecule has 2 aromatic carbocycles. The highest BCUT2D eigenvalue weighted by molar-refractivity contribution is 5.80. The summed E-state index contributed by atoms with van der Waals surface area (Å²) in [4.78, 5) is 16.7. The number of carbonyl (C=O) groups excluding carboxylic acids is 1. The van der Waals surface area contributed by atoms with Crippen LogP contribution in [0.2, 0.25) is 0 Å². The Morgan fingerprint density at radius 1 is 1.07 bits per heavy atom. The number of fused-ring (bicyclic) bond motifs is 1. The largest absolute Gasteiger partial charge is 0.454 e. The molecule has 3 aliphatic rings. The Kier molecular flexibility index (Phi) is 5.21. The monoisotopic (exact) mass is 411 g/mol. The van der Waals surface area contributed by atoms with Gasteiger partial charge in [0.25, 0.3) is 0 Å². The minimum absolute atomic E-state index is 0.0324. The summed E-state index contributed by atoms with van der Waals surface area (Å²) >= 11 is 0. The van der Waals surface area contributed by atoms with Crippen molar-refractivity contribution in [3.05, 3.63) is 53.8 Å². The molecule has 0 spiro atoms. The van der Waals surface area contributed by atoms with Crippen LogP contribution in [0.3, 0.4) is 0 Å². The number of rotatable bonds is 6. The molecule has 1 atom stereocenters. The van der Waals surface area contributed by atoms with Crippen LogP contribution in [-0.2, 0) is 4.79 Å². The number of nitrogens with one attached hydrogen (secondary N) is 1. The van der Waals surface area contributed by atoms with Crippen molar-refractivity contribution in [2.75, 3.05) is 44.4 Å². The number of carbonyl (C=O) groups is 1. The lowest BCUT2D eigenvalue weighted by atomic mass is 10.0. The second kappa shape index (κ2) is 8.14. The van der Waals surface area contributed by atoms with Gasteiger partial charge in [0, 0.05) is 38.6 Å². The lowest BCUT2D eigenvalue weighted by Gasteiger charge is -2.40. The van der Waals surface area contributed by atoms with E-state index in [2.05, 4.69) is 15.1 Å². The number of anilines is 1. The van der Waals surface area contributed by atoms with Gasteiger partial charge in [-0.1, -0.05) is 18.2 Å². The standard InChI is InChI=1S/C23H26FN3O3/c24-18-3-1-2-4-19(18)26-9-11-27(12-10-26)20(14-25-23(28)16-5-6-16)17-7-8-21-22(13-17)30-15-29-21/h1-4,7-8,13,16,20H,5-6,9-12,14-15H2,(H,25,28)/t20-/m1/s1. The van der Waals surface area contributed by atoms with Gasteiger partial charge in [-0.15, -0.1) is 0 Å². The molecule has 2 aromatic rings. The predicted molar refractivity (Wildman–Crippen MR) is 111 cm³/mol. The van der Waals surface area contributed by atoms with Crippen LogP contribution in [0.4, 0.5) is 10.1 Å². The molecular weight excluding hydrogens is 385 g/mol. The molecule has 1 aliphatic carbocycles. The van der Waals surface area contributed by atoms with E-state index in [1.54, 1.807) is 6.07 Å². The van der Waals surface area contributed by atoms with Crippen molar-refractivity contribution in [1.29, 1.82) is 0 Å². The Morgan fingerprint density at radius 3 is 2.60 bits per heavy atom. The molecule has 0 unspecified atom stereocenters. The first-order valence-corrected chi connectivity index (χ1v) is 10.6. The van der Waals surface area contributed by atoms with Crippen molar-refractivity contribution in [3.8, 4) is 11.5 Å². The number of halogens is 1. The van der Waals surface area contributed by atoms with E-state index >= 15 is 0 Å². The number of hydrogen-bond acceptors (Lipinski definition) is 5. The van der Waals surface area contributed by atoms with E-state index in [1.807, 2.05) is 30.3 Å². The summed E-state index contributed by atoms with van der Waals surface area (Å²) in [6, 6.07) is 12.9. The molecule has 1 saturated carbocycles. The van der Waals surface area contributed by atoms with E-state index in [-0.39, 0.29) is 30.5 Å². The van der Waals surface area contributed by atoms with Crippen molar-refractivity contribution in [2.24, 2.45) is 5.92 Å². The average Bonchev–Trinajstić information content (AvgIpc) is 3.52. The van der Waals surface area contributed by atoms with Crippen molar-refractivity contribution < 1.29 is 18.7 Å². The highest BCUT2D eigenvalue weighted by atomic mass is 19.1. The van der Waals surface area contributed by atoms with Crippen molar-refractivity contribution in [2.45, 2.75) is 18.9 Å². The Hall–Kier alpha value is -2.80. The zero-order valence-electron chi connectivity index (χ0n) is 16.9. The summed E-state index contributed by atoms with van der Waals surface area (Å²) in [5.41, 5.74) is 1.74. The number of piperazine rings is 1. The molecule has 158 valence electrons. The SMILES string of the molecule is O=C(NC[C@H](c1ccc2c(c1)OCO2)N1CCN(c2ccccc2F)CC1)C1CC1. The molecule has 1 saturated heterocycles. The normalized spacial score (nSPS) is 19.6. The molecule has 1 N–H and O–H groups in total. The van der Waals surface area contributed by atoms with Crippen LogP contribution in [-0.4, -0.2) is 50.3 Å². The fraction of sp³-hybridized carbons (Fsp3) is 0.435. The minimum Gasteiger partial charge on any atom is -0.454 e. The summed E-state index contributed by atoms with van der Waals surface area (Å²) in [6.07, 6.45) is 1.98. The maximum Gasteiger partial charge on any atom is 0.231 e. The van der Waals surface area contributed by atoms with Gasteiger partial charge in [-0.2, -0.15) is 0 Å². The Bertz CT molecular complexity index is 926. The highest BCUT2D eigenvalue weighted by Gasteiger charge is 2.32. The van der Waals surface area contributed by atoms with Crippen LogP contribution >= 0.6 is 0 Å². The molecule has 0 bridgehead atoms.